The van der Waals surface area contributed by atoms with Crippen LogP contribution in [0.2, 0.25) is 5.02 Å². The molecule has 0 aliphatic heterocycles. The standard InChI is InChI=1S/C13H17ClN2O3/c1-3-4-10(12(17)18)15-13(19)16-11-7-9(14)6-5-8(11)2/h5-7,10H,3-4H2,1-2H3,(H,17,18)(H2,15,16,19)/t10-/m0/s1. The Balaban J connectivity index is 2.68. The van der Waals surface area contributed by atoms with Crippen LogP contribution in [0.3, 0.4) is 0 Å². The second kappa shape index (κ2) is 6.99. The summed E-state index contributed by atoms with van der Waals surface area (Å²) in [6.45, 7) is 3.68. The van der Waals surface area contributed by atoms with Crippen molar-refractivity contribution < 1.29 is 14.7 Å². The highest BCUT2D eigenvalue weighted by Gasteiger charge is 2.18. The Morgan fingerprint density at radius 3 is 2.68 bits per heavy atom. The van der Waals surface area contributed by atoms with Gasteiger partial charge in [-0.1, -0.05) is 31.0 Å². The van der Waals surface area contributed by atoms with E-state index < -0.39 is 18.0 Å². The van der Waals surface area contributed by atoms with Crippen LogP contribution in [0.1, 0.15) is 25.3 Å². The van der Waals surface area contributed by atoms with Gasteiger partial charge in [0.15, 0.2) is 0 Å². The van der Waals surface area contributed by atoms with Gasteiger partial charge >= 0.3 is 12.0 Å². The number of benzene rings is 1. The van der Waals surface area contributed by atoms with Crippen molar-refractivity contribution in [3.05, 3.63) is 28.8 Å². The fraction of sp³-hybridized carbons (Fsp3) is 0.385. The molecule has 0 saturated heterocycles. The van der Waals surface area contributed by atoms with Crippen LogP contribution in [0.15, 0.2) is 18.2 Å². The van der Waals surface area contributed by atoms with E-state index in [1.54, 1.807) is 18.2 Å². The number of amides is 2. The number of carboxylic acids is 1. The van der Waals surface area contributed by atoms with Gasteiger partial charge in [-0.15, -0.1) is 0 Å². The van der Waals surface area contributed by atoms with Crippen molar-refractivity contribution in [1.29, 1.82) is 0 Å². The summed E-state index contributed by atoms with van der Waals surface area (Å²) in [7, 11) is 0. The maximum Gasteiger partial charge on any atom is 0.326 e. The molecular formula is C13H17ClN2O3. The molecule has 0 fully saturated rings. The Labute approximate surface area is 117 Å². The molecule has 104 valence electrons. The Kier molecular flexibility index (Phi) is 5.63. The molecule has 1 rings (SSSR count). The molecule has 1 aromatic rings. The minimum atomic E-state index is -1.04. The van der Waals surface area contributed by atoms with Gasteiger partial charge in [-0.05, 0) is 31.0 Å². The number of nitrogens with one attached hydrogen (secondary N) is 2. The van der Waals surface area contributed by atoms with Crippen molar-refractivity contribution in [2.24, 2.45) is 0 Å². The summed E-state index contributed by atoms with van der Waals surface area (Å²) < 4.78 is 0. The lowest BCUT2D eigenvalue weighted by Crippen LogP contribution is -2.42. The number of aryl methyl sites for hydroxylation is 1. The lowest BCUT2D eigenvalue weighted by molar-refractivity contribution is -0.139. The predicted molar refractivity (Wildman–Crippen MR) is 74.7 cm³/mol. The number of anilines is 1. The van der Waals surface area contributed by atoms with Crippen molar-refractivity contribution in [3.8, 4) is 0 Å². The number of halogens is 1. The van der Waals surface area contributed by atoms with E-state index in [1.165, 1.54) is 0 Å². The van der Waals surface area contributed by atoms with E-state index in [0.29, 0.717) is 23.6 Å². The summed E-state index contributed by atoms with van der Waals surface area (Å²) in [5.74, 6) is -1.04. The SMILES string of the molecule is CCC[C@H](NC(=O)Nc1cc(Cl)ccc1C)C(=O)O. The summed E-state index contributed by atoms with van der Waals surface area (Å²) in [4.78, 5) is 22.7. The van der Waals surface area contributed by atoms with Gasteiger partial charge in [-0.3, -0.25) is 0 Å². The smallest absolute Gasteiger partial charge is 0.326 e. The normalized spacial score (nSPS) is 11.7. The molecule has 0 heterocycles. The van der Waals surface area contributed by atoms with Gasteiger partial charge in [0.25, 0.3) is 0 Å². The molecule has 3 N–H and O–H groups in total. The summed E-state index contributed by atoms with van der Waals surface area (Å²) >= 11 is 5.84. The molecular weight excluding hydrogens is 268 g/mol. The van der Waals surface area contributed by atoms with Gasteiger partial charge in [0.1, 0.15) is 6.04 Å². The third-order valence-electron chi connectivity index (χ3n) is 2.63. The molecule has 0 aliphatic rings. The highest BCUT2D eigenvalue weighted by atomic mass is 35.5. The van der Waals surface area contributed by atoms with Crippen molar-refractivity contribution in [2.45, 2.75) is 32.7 Å². The summed E-state index contributed by atoms with van der Waals surface area (Å²) in [6.07, 6.45) is 1.06. The van der Waals surface area contributed by atoms with E-state index in [0.717, 1.165) is 5.56 Å². The number of hydrogen-bond donors (Lipinski definition) is 3. The topological polar surface area (TPSA) is 78.4 Å². The molecule has 0 radical (unpaired) electrons. The van der Waals surface area contributed by atoms with E-state index >= 15 is 0 Å². The monoisotopic (exact) mass is 284 g/mol. The summed E-state index contributed by atoms with van der Waals surface area (Å²) in [5, 5.41) is 14.5. The van der Waals surface area contributed by atoms with Gasteiger partial charge in [0, 0.05) is 10.7 Å². The Morgan fingerprint density at radius 2 is 2.11 bits per heavy atom. The highest BCUT2D eigenvalue weighted by molar-refractivity contribution is 6.31. The van der Waals surface area contributed by atoms with Crippen LogP contribution in [0, 0.1) is 6.92 Å². The zero-order chi connectivity index (χ0) is 14.4. The number of hydrogen-bond acceptors (Lipinski definition) is 2. The number of rotatable bonds is 5. The molecule has 19 heavy (non-hydrogen) atoms. The highest BCUT2D eigenvalue weighted by Crippen LogP contribution is 2.19. The molecule has 0 bridgehead atoms. The first kappa shape index (κ1) is 15.3. The minimum absolute atomic E-state index is 0.386. The molecule has 1 aromatic carbocycles. The first-order valence-electron chi connectivity index (χ1n) is 6.00. The summed E-state index contributed by atoms with van der Waals surface area (Å²) in [5.41, 5.74) is 1.41. The number of carbonyl (C=O) groups is 2. The number of carboxylic acid groups (broad SMARTS) is 1. The number of carbonyl (C=O) groups excluding carboxylic acids is 1. The van der Waals surface area contributed by atoms with Gasteiger partial charge in [-0.25, -0.2) is 9.59 Å². The van der Waals surface area contributed by atoms with E-state index in [4.69, 9.17) is 16.7 Å². The Morgan fingerprint density at radius 1 is 1.42 bits per heavy atom. The molecule has 2 amide bonds. The van der Waals surface area contributed by atoms with Crippen molar-refractivity contribution >= 4 is 29.3 Å². The van der Waals surface area contributed by atoms with Gasteiger partial charge in [0.2, 0.25) is 0 Å². The zero-order valence-electron chi connectivity index (χ0n) is 10.9. The number of urea groups is 1. The largest absolute Gasteiger partial charge is 0.480 e. The van der Waals surface area contributed by atoms with Crippen LogP contribution in [-0.2, 0) is 4.79 Å². The van der Waals surface area contributed by atoms with E-state index in [-0.39, 0.29) is 0 Å². The first-order chi connectivity index (χ1) is 8.93. The second-order valence-corrected chi connectivity index (χ2v) is 4.67. The van der Waals surface area contributed by atoms with Gasteiger partial charge in [-0.2, -0.15) is 0 Å². The predicted octanol–water partition coefficient (Wildman–Crippen LogP) is 3.02. The Bertz CT molecular complexity index is 477. The van der Waals surface area contributed by atoms with Crippen LogP contribution in [-0.4, -0.2) is 23.1 Å². The number of aliphatic carboxylic acids is 1. The molecule has 5 nitrogen and oxygen atoms in total. The third kappa shape index (κ3) is 4.79. The maximum atomic E-state index is 11.7. The van der Waals surface area contributed by atoms with Crippen LogP contribution in [0.4, 0.5) is 10.5 Å². The van der Waals surface area contributed by atoms with Crippen LogP contribution in [0.25, 0.3) is 0 Å². The lowest BCUT2D eigenvalue weighted by Gasteiger charge is -2.15. The third-order valence-corrected chi connectivity index (χ3v) is 2.86. The molecule has 0 aliphatic carbocycles. The minimum Gasteiger partial charge on any atom is -0.480 e. The van der Waals surface area contributed by atoms with Crippen molar-refractivity contribution in [1.82, 2.24) is 5.32 Å². The summed E-state index contributed by atoms with van der Waals surface area (Å²) in [6, 6.07) is 3.68. The molecule has 0 spiro atoms. The fourth-order valence-corrected chi connectivity index (χ4v) is 1.76. The zero-order valence-corrected chi connectivity index (χ0v) is 11.6. The molecule has 0 unspecified atom stereocenters. The average Bonchev–Trinajstić information content (AvgIpc) is 2.33. The molecule has 6 heteroatoms. The van der Waals surface area contributed by atoms with Crippen molar-refractivity contribution in [2.75, 3.05) is 5.32 Å². The Hall–Kier alpha value is -1.75. The van der Waals surface area contributed by atoms with Gasteiger partial charge in [0.05, 0.1) is 0 Å². The van der Waals surface area contributed by atoms with Crippen LogP contribution in [0.5, 0.6) is 0 Å². The maximum absolute atomic E-state index is 11.7. The van der Waals surface area contributed by atoms with Crippen LogP contribution < -0.4 is 10.6 Å². The quantitative estimate of drug-likeness (QED) is 0.777. The van der Waals surface area contributed by atoms with Crippen molar-refractivity contribution in [3.63, 3.8) is 0 Å². The molecule has 1 atom stereocenters. The second-order valence-electron chi connectivity index (χ2n) is 4.24. The fourth-order valence-electron chi connectivity index (χ4n) is 1.59. The average molecular weight is 285 g/mol. The van der Waals surface area contributed by atoms with E-state index in [1.807, 2.05) is 13.8 Å². The van der Waals surface area contributed by atoms with E-state index in [2.05, 4.69) is 10.6 Å². The molecule has 0 aromatic heterocycles. The van der Waals surface area contributed by atoms with Crippen LogP contribution >= 0.6 is 11.6 Å². The van der Waals surface area contributed by atoms with E-state index in [9.17, 15) is 9.59 Å². The lowest BCUT2D eigenvalue weighted by atomic mass is 10.2. The van der Waals surface area contributed by atoms with Gasteiger partial charge < -0.3 is 15.7 Å². The first-order valence-corrected chi connectivity index (χ1v) is 6.38. The molecule has 0 saturated carbocycles.